The van der Waals surface area contributed by atoms with E-state index >= 15 is 0 Å². The molecule has 0 saturated carbocycles. The number of H-pyrrole nitrogens is 1. The van der Waals surface area contributed by atoms with Gasteiger partial charge in [0.05, 0.1) is 7.11 Å². The van der Waals surface area contributed by atoms with Gasteiger partial charge >= 0.3 is 0 Å². The lowest BCUT2D eigenvalue weighted by Gasteiger charge is -2.06. The third-order valence-corrected chi connectivity index (χ3v) is 3.58. The van der Waals surface area contributed by atoms with E-state index in [0.29, 0.717) is 0 Å². The van der Waals surface area contributed by atoms with Gasteiger partial charge in [-0.25, -0.2) is 4.98 Å². The van der Waals surface area contributed by atoms with Gasteiger partial charge in [-0.1, -0.05) is 12.1 Å². The van der Waals surface area contributed by atoms with Gasteiger partial charge in [0.25, 0.3) is 0 Å². The Kier molecular flexibility index (Phi) is 4.17. The fraction of sp³-hybridized carbons (Fsp3) is 0.235. The topological polar surface area (TPSA) is 49.9 Å². The molecular formula is C17H19N3O. The van der Waals surface area contributed by atoms with E-state index in [1.807, 2.05) is 24.4 Å². The van der Waals surface area contributed by atoms with Crippen LogP contribution in [0.2, 0.25) is 0 Å². The molecule has 0 fully saturated rings. The first kappa shape index (κ1) is 13.6. The fourth-order valence-electron chi connectivity index (χ4n) is 2.44. The second-order valence-corrected chi connectivity index (χ2v) is 4.99. The number of rotatable bonds is 6. The second-order valence-electron chi connectivity index (χ2n) is 4.99. The minimum atomic E-state index is 0.843. The lowest BCUT2D eigenvalue weighted by Crippen LogP contribution is -2.16. The summed E-state index contributed by atoms with van der Waals surface area (Å²) in [6, 6.07) is 12.3. The van der Waals surface area contributed by atoms with Crippen molar-refractivity contribution in [3.63, 3.8) is 0 Å². The molecule has 2 aromatic heterocycles. The van der Waals surface area contributed by atoms with E-state index in [-0.39, 0.29) is 0 Å². The smallest absolute Gasteiger partial charge is 0.137 e. The molecule has 3 aromatic rings. The molecule has 4 heteroatoms. The molecule has 2 N–H and O–H groups in total. The van der Waals surface area contributed by atoms with Crippen LogP contribution in [-0.2, 0) is 13.0 Å². The number of aromatic nitrogens is 2. The van der Waals surface area contributed by atoms with Crippen LogP contribution in [0.15, 0.2) is 48.8 Å². The summed E-state index contributed by atoms with van der Waals surface area (Å²) in [4.78, 5) is 7.49. The maximum Gasteiger partial charge on any atom is 0.137 e. The highest BCUT2D eigenvalue weighted by molar-refractivity contribution is 5.79. The van der Waals surface area contributed by atoms with E-state index in [0.717, 1.165) is 30.9 Å². The number of hydrogen-bond acceptors (Lipinski definition) is 3. The maximum atomic E-state index is 5.24. The molecule has 0 spiro atoms. The molecule has 2 heterocycles. The zero-order valence-electron chi connectivity index (χ0n) is 12.1. The van der Waals surface area contributed by atoms with Gasteiger partial charge in [0, 0.05) is 24.3 Å². The third-order valence-electron chi connectivity index (χ3n) is 3.58. The Balaban J connectivity index is 1.54. The Morgan fingerprint density at radius 3 is 3.10 bits per heavy atom. The molecule has 0 saturated heterocycles. The predicted octanol–water partition coefficient (Wildman–Crippen LogP) is 2.90. The zero-order valence-corrected chi connectivity index (χ0v) is 12.1. The minimum Gasteiger partial charge on any atom is -0.497 e. The number of aromatic amines is 1. The highest BCUT2D eigenvalue weighted by Crippen LogP contribution is 2.15. The molecular weight excluding hydrogens is 262 g/mol. The number of pyridine rings is 1. The van der Waals surface area contributed by atoms with Crippen LogP contribution in [0.25, 0.3) is 11.0 Å². The number of hydrogen-bond donors (Lipinski definition) is 2. The lowest BCUT2D eigenvalue weighted by atomic mass is 10.1. The standard InChI is InChI=1S/C17H19N3O/c1-21-15-5-2-4-13(10-15)7-9-18-11-14-12-20-17-16(14)6-3-8-19-17/h2-6,8,10,12,18H,7,9,11H2,1H3,(H,19,20). The van der Waals surface area contributed by atoms with Crippen LogP contribution in [-0.4, -0.2) is 23.6 Å². The van der Waals surface area contributed by atoms with Crippen LogP contribution in [0.5, 0.6) is 5.75 Å². The van der Waals surface area contributed by atoms with E-state index in [1.54, 1.807) is 13.3 Å². The Morgan fingerprint density at radius 2 is 2.19 bits per heavy atom. The van der Waals surface area contributed by atoms with Crippen LogP contribution in [0.1, 0.15) is 11.1 Å². The van der Waals surface area contributed by atoms with Crippen molar-refractivity contribution in [3.8, 4) is 5.75 Å². The van der Waals surface area contributed by atoms with Gasteiger partial charge < -0.3 is 15.0 Å². The molecule has 0 radical (unpaired) electrons. The number of nitrogens with one attached hydrogen (secondary N) is 2. The van der Waals surface area contributed by atoms with Crippen molar-refractivity contribution >= 4 is 11.0 Å². The summed E-state index contributed by atoms with van der Waals surface area (Å²) in [6.45, 7) is 1.77. The Morgan fingerprint density at radius 1 is 1.24 bits per heavy atom. The number of nitrogens with zero attached hydrogens (tertiary/aromatic N) is 1. The van der Waals surface area contributed by atoms with Gasteiger partial charge in [-0.3, -0.25) is 0 Å². The molecule has 0 aliphatic carbocycles. The lowest BCUT2D eigenvalue weighted by molar-refractivity contribution is 0.414. The summed E-state index contributed by atoms with van der Waals surface area (Å²) in [5, 5.41) is 4.66. The van der Waals surface area contributed by atoms with Crippen molar-refractivity contribution < 1.29 is 4.74 Å². The number of methoxy groups -OCH3 is 1. The quantitative estimate of drug-likeness (QED) is 0.683. The molecule has 0 unspecified atom stereocenters. The first-order valence-electron chi connectivity index (χ1n) is 7.11. The van der Waals surface area contributed by atoms with E-state index < -0.39 is 0 Å². The van der Waals surface area contributed by atoms with Crippen LogP contribution in [0.4, 0.5) is 0 Å². The number of fused-ring (bicyclic) bond motifs is 1. The number of ether oxygens (including phenoxy) is 1. The molecule has 108 valence electrons. The van der Waals surface area contributed by atoms with Crippen molar-refractivity contribution in [1.82, 2.24) is 15.3 Å². The van der Waals surface area contributed by atoms with Crippen LogP contribution in [0.3, 0.4) is 0 Å². The summed E-state index contributed by atoms with van der Waals surface area (Å²) < 4.78 is 5.24. The SMILES string of the molecule is COc1cccc(CCNCc2c[nH]c3ncccc23)c1. The molecule has 21 heavy (non-hydrogen) atoms. The average Bonchev–Trinajstić information content (AvgIpc) is 2.95. The summed E-state index contributed by atoms with van der Waals surface area (Å²) in [5.41, 5.74) is 3.48. The van der Waals surface area contributed by atoms with Crippen LogP contribution in [0, 0.1) is 0 Å². The maximum absolute atomic E-state index is 5.24. The highest BCUT2D eigenvalue weighted by atomic mass is 16.5. The summed E-state index contributed by atoms with van der Waals surface area (Å²) >= 11 is 0. The summed E-state index contributed by atoms with van der Waals surface area (Å²) in [7, 11) is 1.70. The molecule has 0 bridgehead atoms. The van der Waals surface area contributed by atoms with Crippen molar-refractivity contribution in [2.45, 2.75) is 13.0 Å². The Bertz CT molecular complexity index is 721. The fourth-order valence-corrected chi connectivity index (χ4v) is 2.44. The third kappa shape index (κ3) is 3.23. The molecule has 4 nitrogen and oxygen atoms in total. The highest BCUT2D eigenvalue weighted by Gasteiger charge is 2.03. The molecule has 1 aromatic carbocycles. The molecule has 0 amide bonds. The van der Waals surface area contributed by atoms with Crippen molar-refractivity contribution in [3.05, 3.63) is 59.9 Å². The summed E-state index contributed by atoms with van der Waals surface area (Å²) in [6.07, 6.45) is 4.81. The molecule has 0 aliphatic heterocycles. The van der Waals surface area contributed by atoms with E-state index in [2.05, 4.69) is 33.5 Å². The van der Waals surface area contributed by atoms with Crippen molar-refractivity contribution in [1.29, 1.82) is 0 Å². The van der Waals surface area contributed by atoms with Crippen molar-refractivity contribution in [2.24, 2.45) is 0 Å². The second kappa shape index (κ2) is 6.41. The van der Waals surface area contributed by atoms with Gasteiger partial charge in [0.15, 0.2) is 0 Å². The van der Waals surface area contributed by atoms with E-state index in [4.69, 9.17) is 4.74 Å². The average molecular weight is 281 g/mol. The predicted molar refractivity (Wildman–Crippen MR) is 84.5 cm³/mol. The normalized spacial score (nSPS) is 10.9. The van der Waals surface area contributed by atoms with Gasteiger partial charge in [-0.05, 0) is 48.4 Å². The summed E-state index contributed by atoms with van der Waals surface area (Å²) in [5.74, 6) is 0.912. The Hall–Kier alpha value is -2.33. The van der Waals surface area contributed by atoms with Gasteiger partial charge in [-0.15, -0.1) is 0 Å². The zero-order chi connectivity index (χ0) is 14.5. The van der Waals surface area contributed by atoms with Crippen LogP contribution < -0.4 is 10.1 Å². The van der Waals surface area contributed by atoms with E-state index in [1.165, 1.54) is 16.5 Å². The van der Waals surface area contributed by atoms with Crippen molar-refractivity contribution in [2.75, 3.05) is 13.7 Å². The molecule has 0 aliphatic rings. The van der Waals surface area contributed by atoms with Crippen LogP contribution >= 0.6 is 0 Å². The number of benzene rings is 1. The molecule has 3 rings (SSSR count). The largest absolute Gasteiger partial charge is 0.497 e. The van der Waals surface area contributed by atoms with E-state index in [9.17, 15) is 0 Å². The first-order valence-corrected chi connectivity index (χ1v) is 7.11. The van der Waals surface area contributed by atoms with Gasteiger partial charge in [-0.2, -0.15) is 0 Å². The molecule has 0 atom stereocenters. The monoisotopic (exact) mass is 281 g/mol. The first-order chi connectivity index (χ1) is 10.4. The minimum absolute atomic E-state index is 0.843. The van der Waals surface area contributed by atoms with Gasteiger partial charge in [0.1, 0.15) is 11.4 Å². The van der Waals surface area contributed by atoms with Gasteiger partial charge in [0.2, 0.25) is 0 Å². The Labute approximate surface area is 124 Å².